The van der Waals surface area contributed by atoms with Crippen molar-refractivity contribution in [3.8, 4) is 11.1 Å². The van der Waals surface area contributed by atoms with Crippen molar-refractivity contribution in [3.05, 3.63) is 107 Å². The van der Waals surface area contributed by atoms with E-state index < -0.39 is 67.1 Å². The molecule has 2 amide bonds. The maximum Gasteiger partial charge on any atom is 0.408 e. The Morgan fingerprint density at radius 1 is 1.08 bits per heavy atom. The molecule has 286 valence electrons. The van der Waals surface area contributed by atoms with Crippen LogP contribution in [0.5, 0.6) is 0 Å². The van der Waals surface area contributed by atoms with Crippen molar-refractivity contribution >= 4 is 27.7 Å². The first kappa shape index (κ1) is 41.1. The lowest BCUT2D eigenvalue weighted by Crippen LogP contribution is -2.54. The van der Waals surface area contributed by atoms with Gasteiger partial charge in [-0.15, -0.1) is 6.58 Å². The number of aliphatic hydroxyl groups excluding tert-OH is 1. The highest BCUT2D eigenvalue weighted by molar-refractivity contribution is 7.89. The number of aliphatic hydroxyl groups is 2. The van der Waals surface area contributed by atoms with Crippen molar-refractivity contribution < 1.29 is 42.6 Å². The largest absolute Gasteiger partial charge is 0.444 e. The molecule has 1 aliphatic heterocycles. The molecule has 0 bridgehead atoms. The topological polar surface area (TPSA) is 189 Å². The predicted molar refractivity (Wildman–Crippen MR) is 198 cm³/mol. The number of unbranched alkanes of at least 4 members (excludes halogenated alkanes) is 1. The molecule has 1 saturated heterocycles. The van der Waals surface area contributed by atoms with Gasteiger partial charge in [-0.25, -0.2) is 13.2 Å². The summed E-state index contributed by atoms with van der Waals surface area (Å²) in [6, 6.07) is 19.5. The number of hydrogen-bond acceptors (Lipinski definition) is 10. The molecule has 3 aromatic carbocycles. The number of hydrogen-bond donors (Lipinski definition) is 3. The van der Waals surface area contributed by atoms with Crippen LogP contribution in [-0.4, -0.2) is 95.5 Å². The van der Waals surface area contributed by atoms with Crippen LogP contribution in [0.15, 0.2) is 96.4 Å². The van der Waals surface area contributed by atoms with Crippen molar-refractivity contribution in [2.75, 3.05) is 26.7 Å². The first-order valence-corrected chi connectivity index (χ1v) is 18.7. The average molecular weight is 753 g/mol. The molecular formula is C38H48N4O10S. The number of nitro benzene ring substituents is 1. The summed E-state index contributed by atoms with van der Waals surface area (Å²) in [4.78, 5) is 39.4. The second-order valence-electron chi connectivity index (χ2n) is 13.8. The molecule has 14 nitrogen and oxygen atoms in total. The van der Waals surface area contributed by atoms with E-state index in [9.17, 15) is 38.3 Å². The van der Waals surface area contributed by atoms with Crippen LogP contribution in [-0.2, 0) is 29.9 Å². The number of nitrogens with zero attached hydrogens (tertiary/aromatic N) is 3. The van der Waals surface area contributed by atoms with Crippen LogP contribution in [0.3, 0.4) is 0 Å². The fourth-order valence-corrected chi connectivity index (χ4v) is 8.06. The number of benzene rings is 3. The molecule has 0 aliphatic carbocycles. The third-order valence-corrected chi connectivity index (χ3v) is 11.0. The van der Waals surface area contributed by atoms with E-state index in [1.807, 2.05) is 54.6 Å². The van der Waals surface area contributed by atoms with E-state index in [-0.39, 0.29) is 32.5 Å². The number of para-hydroxylation sites is 1. The zero-order chi connectivity index (χ0) is 39.0. The van der Waals surface area contributed by atoms with Gasteiger partial charge in [0.15, 0.2) is 11.2 Å². The molecule has 3 aromatic rings. The number of nitro groups is 1. The smallest absolute Gasteiger partial charge is 0.408 e. The average Bonchev–Trinajstić information content (AvgIpc) is 3.54. The summed E-state index contributed by atoms with van der Waals surface area (Å²) in [5.74, 6) is -0.735. The minimum atomic E-state index is -4.48. The fourth-order valence-electron chi connectivity index (χ4n) is 6.41. The summed E-state index contributed by atoms with van der Waals surface area (Å²) in [5, 5.41) is 35.5. The number of rotatable bonds is 16. The minimum absolute atomic E-state index is 0.00988. The van der Waals surface area contributed by atoms with Crippen LogP contribution >= 0.6 is 0 Å². The quantitative estimate of drug-likeness (QED) is 0.0594. The molecule has 3 N–H and O–H groups in total. The molecule has 1 unspecified atom stereocenters. The molecule has 3 atom stereocenters. The van der Waals surface area contributed by atoms with E-state index in [4.69, 9.17) is 9.47 Å². The Balaban J connectivity index is 1.71. The maximum atomic E-state index is 14.5. The molecule has 0 spiro atoms. The van der Waals surface area contributed by atoms with Crippen LogP contribution in [0.4, 0.5) is 10.5 Å². The molecule has 1 aliphatic rings. The van der Waals surface area contributed by atoms with E-state index in [0.717, 1.165) is 27.6 Å². The highest BCUT2D eigenvalue weighted by atomic mass is 32.2. The molecule has 15 heteroatoms. The number of sulfonamides is 1. The Labute approximate surface area is 310 Å². The van der Waals surface area contributed by atoms with Gasteiger partial charge in [-0.05, 0) is 68.9 Å². The van der Waals surface area contributed by atoms with Gasteiger partial charge in [0.25, 0.3) is 5.69 Å². The standard InChI is InChI=1S/C38H48N4O10S/c1-6-7-13-22-40(53(49,50)33-20-12-11-19-31(33)42(47)48)23-21-30(39-36(46)52-37(2,3)4)34(43)41-26-38(51-5,25-32(41)35(44)45)29-18-14-17-28(24-29)27-15-9-8-10-16-27/h6,8-12,14-20,24,30,32,35,44-45H,1,7,13,21-23,25-26H2,2-5H3,(H,39,46)/t30?,32-,38-/m0/s1. The second-order valence-corrected chi connectivity index (χ2v) is 15.8. The van der Waals surface area contributed by atoms with Gasteiger partial charge < -0.3 is 29.9 Å². The van der Waals surface area contributed by atoms with Gasteiger partial charge in [-0.2, -0.15) is 4.31 Å². The van der Waals surface area contributed by atoms with E-state index >= 15 is 0 Å². The summed E-state index contributed by atoms with van der Waals surface area (Å²) in [6.45, 7) is 8.05. The summed E-state index contributed by atoms with van der Waals surface area (Å²) in [7, 11) is -3.01. The number of carbonyl (C=O) groups excluding carboxylic acids is 2. The lowest BCUT2D eigenvalue weighted by atomic mass is 9.88. The van der Waals surface area contributed by atoms with Gasteiger partial charge in [0.05, 0.1) is 17.5 Å². The Morgan fingerprint density at radius 2 is 1.74 bits per heavy atom. The SMILES string of the molecule is C=CCCCN(CCC(NC(=O)OC(C)(C)C)C(=O)N1C[C@](OC)(c2cccc(-c3ccccc3)c2)C[C@H]1C(O)O)S(=O)(=O)c1ccccc1[N+](=O)[O-]. The zero-order valence-corrected chi connectivity index (χ0v) is 31.2. The molecule has 0 saturated carbocycles. The summed E-state index contributed by atoms with van der Waals surface area (Å²) in [6.07, 6.45) is -0.878. The third kappa shape index (κ3) is 10.1. The van der Waals surface area contributed by atoms with Crippen LogP contribution in [0.2, 0.25) is 0 Å². The van der Waals surface area contributed by atoms with Crippen LogP contribution in [0.1, 0.15) is 52.0 Å². The number of alkyl carbamates (subject to hydrolysis) is 1. The normalized spacial score (nSPS) is 18.2. The van der Waals surface area contributed by atoms with Gasteiger partial charge in [-0.1, -0.05) is 66.7 Å². The van der Waals surface area contributed by atoms with Crippen molar-refractivity contribution in [2.24, 2.45) is 0 Å². The Bertz CT molecular complexity index is 1870. The molecule has 53 heavy (non-hydrogen) atoms. The minimum Gasteiger partial charge on any atom is -0.444 e. The van der Waals surface area contributed by atoms with Crippen LogP contribution in [0, 0.1) is 10.1 Å². The van der Waals surface area contributed by atoms with Crippen molar-refractivity contribution in [2.45, 2.75) is 80.9 Å². The monoisotopic (exact) mass is 752 g/mol. The van der Waals surface area contributed by atoms with Gasteiger partial charge in [0.2, 0.25) is 15.9 Å². The van der Waals surface area contributed by atoms with E-state index in [1.54, 1.807) is 26.8 Å². The first-order valence-electron chi connectivity index (χ1n) is 17.2. The Hall–Kier alpha value is -4.67. The predicted octanol–water partition coefficient (Wildman–Crippen LogP) is 4.96. The lowest BCUT2D eigenvalue weighted by Gasteiger charge is -2.32. The number of nitrogens with one attached hydrogen (secondary N) is 1. The van der Waals surface area contributed by atoms with Crippen LogP contribution < -0.4 is 5.32 Å². The first-order chi connectivity index (χ1) is 25.0. The zero-order valence-electron chi connectivity index (χ0n) is 30.4. The number of amides is 2. The summed E-state index contributed by atoms with van der Waals surface area (Å²) in [5.41, 5.74) is -0.229. The van der Waals surface area contributed by atoms with Crippen molar-refractivity contribution in [1.82, 2.24) is 14.5 Å². The summed E-state index contributed by atoms with van der Waals surface area (Å²) < 4.78 is 40.5. The number of allylic oxidation sites excluding steroid dienone is 1. The molecule has 4 rings (SSSR count). The van der Waals surface area contributed by atoms with Gasteiger partial charge in [0, 0.05) is 32.7 Å². The fraction of sp³-hybridized carbons (Fsp3) is 0.421. The van der Waals surface area contributed by atoms with E-state index in [1.165, 1.54) is 24.1 Å². The van der Waals surface area contributed by atoms with Crippen molar-refractivity contribution in [1.29, 1.82) is 0 Å². The number of ether oxygens (including phenoxy) is 2. The molecular weight excluding hydrogens is 705 g/mol. The van der Waals surface area contributed by atoms with Gasteiger partial charge in [0.1, 0.15) is 17.2 Å². The van der Waals surface area contributed by atoms with Crippen LogP contribution in [0.25, 0.3) is 11.1 Å². The maximum absolute atomic E-state index is 14.5. The summed E-state index contributed by atoms with van der Waals surface area (Å²) >= 11 is 0. The lowest BCUT2D eigenvalue weighted by molar-refractivity contribution is -0.387. The molecule has 1 heterocycles. The highest BCUT2D eigenvalue weighted by Crippen LogP contribution is 2.41. The molecule has 0 aromatic heterocycles. The Kier molecular flexibility index (Phi) is 13.5. The molecule has 1 fully saturated rings. The van der Waals surface area contributed by atoms with Crippen molar-refractivity contribution in [3.63, 3.8) is 0 Å². The highest BCUT2D eigenvalue weighted by Gasteiger charge is 2.51. The van der Waals surface area contributed by atoms with E-state index in [0.29, 0.717) is 18.4 Å². The third-order valence-electron chi connectivity index (χ3n) is 9.03. The number of likely N-dealkylation sites (tertiary alicyclic amines) is 1. The second kappa shape index (κ2) is 17.4. The number of carbonyl (C=O) groups is 2. The molecule has 0 radical (unpaired) electrons. The van der Waals surface area contributed by atoms with Gasteiger partial charge in [-0.3, -0.25) is 14.9 Å². The number of methoxy groups -OCH3 is 1. The van der Waals surface area contributed by atoms with E-state index in [2.05, 4.69) is 11.9 Å². The van der Waals surface area contributed by atoms with Gasteiger partial charge >= 0.3 is 6.09 Å². The Morgan fingerprint density at radius 3 is 2.36 bits per heavy atom.